The van der Waals surface area contributed by atoms with Gasteiger partial charge in [-0.05, 0) is 143 Å². The van der Waals surface area contributed by atoms with E-state index in [0.717, 1.165) is 87.6 Å². The lowest BCUT2D eigenvalue weighted by Gasteiger charge is -2.30. The molecule has 0 spiro atoms. The Morgan fingerprint density at radius 1 is 0.621 bits per heavy atom. The predicted molar refractivity (Wildman–Crippen MR) is 324 cm³/mol. The van der Waals surface area contributed by atoms with Crippen LogP contribution in [0.4, 0.5) is 21.2 Å². The van der Waals surface area contributed by atoms with Crippen LogP contribution >= 0.6 is 22.6 Å². The fraction of sp³-hybridized carbons (Fsp3) is 0.500. The molecule has 27 heteroatoms. The van der Waals surface area contributed by atoms with Gasteiger partial charge in [-0.15, -0.1) is 12.3 Å². The number of halogens is 1. The number of piperidine rings is 2. The molecule has 10 N–H and O–H groups in total. The van der Waals surface area contributed by atoms with Gasteiger partial charge in [0.15, 0.2) is 51.4 Å². The normalized spacial score (nSPS) is 23.8. The molecule has 6 aromatic rings. The summed E-state index contributed by atoms with van der Waals surface area (Å²) in [5, 5.41) is 47.2. The Balaban J connectivity index is 0.000000160. The van der Waals surface area contributed by atoms with E-state index in [4.69, 9.17) is 36.8 Å². The largest absolute Gasteiger partial charge is 0.415 e. The standard InChI is InChI=1S/C30H35N7O6.C17H21NO2.C13H15IN6O4/c1-16-6-9-20(14-17(16)2)42-30(41)36-12-10-18(11-13-36)4-3-5-21-34-26(31)22-27(35-21)37(15-32-22)29-24(39)23(38)25(43-29)28(40)33-19-7-8-19;1-4-5-15-8-10-18(11-9-15)17(19)20-16-7-6-13(2)14(3)12-16;14-13-18-9(15)5-10(19-13)20(3-16-5)12-7(22)6(21)8(24-12)11(23)17-4-1-2-4/h6,9,14-15,18-19,23-25,29,38-39H,4,7-8,10-13H2,1-2H3,(H,33,40)(H2,31,34,35);1,6-7,12,15H,5,8-11H2,2-3H3;3-4,6-8,12,21-22H,1-2H2,(H,17,23)(H2,15,18,19)/t23?,24-,25-,29+;;6?,7-,8-,12+/m0.0/s1. The summed E-state index contributed by atoms with van der Waals surface area (Å²) in [6.07, 6.45) is 6.10. The van der Waals surface area contributed by atoms with Crippen molar-refractivity contribution in [2.45, 2.75) is 153 Å². The van der Waals surface area contributed by atoms with Gasteiger partial charge in [0.05, 0.1) is 12.7 Å². The minimum absolute atomic E-state index is 0.0831. The Bertz CT molecular complexity index is 3630. The molecule has 6 fully saturated rings. The molecular weight excluding hydrogens is 1240 g/mol. The molecule has 0 bridgehead atoms. The molecule has 8 atom stereocenters. The van der Waals surface area contributed by atoms with Gasteiger partial charge in [-0.3, -0.25) is 18.7 Å². The molecule has 8 heterocycles. The van der Waals surface area contributed by atoms with Crippen LogP contribution in [0.1, 0.15) is 105 Å². The van der Waals surface area contributed by atoms with E-state index in [1.165, 1.54) is 27.4 Å². The van der Waals surface area contributed by atoms with Gasteiger partial charge in [-0.1, -0.05) is 18.1 Å². The Morgan fingerprint density at radius 3 is 1.49 bits per heavy atom. The molecule has 4 aromatic heterocycles. The van der Waals surface area contributed by atoms with Gasteiger partial charge in [0.2, 0.25) is 5.82 Å². The summed E-state index contributed by atoms with van der Waals surface area (Å²) in [6, 6.07) is 11.5. The van der Waals surface area contributed by atoms with Gasteiger partial charge >= 0.3 is 12.2 Å². The number of imidazole rings is 2. The fourth-order valence-electron chi connectivity index (χ4n) is 10.5. The second-order valence-corrected chi connectivity index (χ2v) is 23.8. The minimum Gasteiger partial charge on any atom is -0.410 e. The number of likely N-dealkylation sites (tertiary alicyclic amines) is 2. The molecule has 0 radical (unpaired) electrons. The van der Waals surface area contributed by atoms with Crippen molar-refractivity contribution in [3.63, 3.8) is 0 Å². The first-order valence-corrected chi connectivity index (χ1v) is 30.1. The number of carbonyl (C=O) groups excluding carboxylic acids is 4. The number of benzene rings is 2. The molecule has 6 aliphatic rings. The lowest BCUT2D eigenvalue weighted by molar-refractivity contribution is -0.138. The van der Waals surface area contributed by atoms with Gasteiger partial charge in [-0.25, -0.2) is 39.5 Å². The maximum atomic E-state index is 12.6. The molecule has 4 aliphatic heterocycles. The van der Waals surface area contributed by atoms with E-state index in [-0.39, 0.29) is 47.4 Å². The number of nitrogen functional groups attached to an aromatic ring is 2. The van der Waals surface area contributed by atoms with Crippen LogP contribution < -0.4 is 31.6 Å². The molecule has 12 rings (SSSR count). The molecule has 2 saturated carbocycles. The lowest BCUT2D eigenvalue weighted by Crippen LogP contribution is -2.43. The number of aryl methyl sites for hydroxylation is 4. The zero-order valence-corrected chi connectivity index (χ0v) is 50.7. The van der Waals surface area contributed by atoms with E-state index in [9.17, 15) is 39.6 Å². The first kappa shape index (κ1) is 62.3. The Kier molecular flexibility index (Phi) is 19.4. The van der Waals surface area contributed by atoms with Crippen molar-refractivity contribution in [3.8, 4) is 35.7 Å². The molecule has 2 aliphatic carbocycles. The Labute approximate surface area is 515 Å². The summed E-state index contributed by atoms with van der Waals surface area (Å²) in [5.41, 5.74) is 17.8. The van der Waals surface area contributed by atoms with Crippen LogP contribution in [-0.4, -0.2) is 168 Å². The number of aromatic nitrogens is 8. The molecule has 2 unspecified atom stereocenters. The number of fused-ring (bicyclic) bond motifs is 2. The highest BCUT2D eigenvalue weighted by Crippen LogP contribution is 2.35. The second-order valence-electron chi connectivity index (χ2n) is 22.9. The van der Waals surface area contributed by atoms with Gasteiger partial charge in [0, 0.05) is 73.7 Å². The summed E-state index contributed by atoms with van der Waals surface area (Å²) in [7, 11) is 0. The van der Waals surface area contributed by atoms with E-state index < -0.39 is 60.9 Å². The first-order valence-electron chi connectivity index (χ1n) is 29.0. The van der Waals surface area contributed by atoms with Crippen molar-refractivity contribution >= 4 is 80.6 Å². The number of aliphatic hydroxyl groups is 4. The van der Waals surface area contributed by atoms with Crippen molar-refractivity contribution in [1.29, 1.82) is 0 Å². The molecule has 460 valence electrons. The molecular formula is C60H71IN14O12. The number of carbonyl (C=O) groups is 4. The smallest absolute Gasteiger partial charge is 0.410 e. The number of aliphatic hydroxyl groups excluding tert-OH is 4. The Morgan fingerprint density at radius 2 is 1.06 bits per heavy atom. The number of ether oxygens (including phenoxy) is 4. The quantitative estimate of drug-likeness (QED) is 0.0545. The predicted octanol–water partition coefficient (Wildman–Crippen LogP) is 4.02. The van der Waals surface area contributed by atoms with Crippen LogP contribution in [0.15, 0.2) is 49.1 Å². The minimum atomic E-state index is -1.42. The van der Waals surface area contributed by atoms with E-state index >= 15 is 0 Å². The third kappa shape index (κ3) is 14.8. The van der Waals surface area contributed by atoms with Gasteiger partial charge < -0.3 is 71.3 Å². The van der Waals surface area contributed by atoms with E-state index in [1.807, 2.05) is 80.6 Å². The summed E-state index contributed by atoms with van der Waals surface area (Å²) in [4.78, 5) is 78.3. The number of terminal acetylenes is 1. The SMILES string of the molecule is C#CCC1CCN(C(=O)Oc2ccc(C)c(C)c2)CC1.Cc1ccc(OC(=O)N2CCC(CC#Cc3nc(N)c4ncn([C@@H]5O[C@H](C(=O)NC6CC6)C(O)[C@@H]5O)c4n3)CC2)cc1C.Nc1nc(I)nc2c1ncn2[C@@H]1O[C@H](C(=O)NC2CC2)C(O)[C@@H]1O. The maximum Gasteiger partial charge on any atom is 0.415 e. The monoisotopic (exact) mass is 1310 g/mol. The van der Waals surface area contributed by atoms with Crippen LogP contribution in [-0.2, 0) is 19.1 Å². The van der Waals surface area contributed by atoms with Crippen LogP contribution in [0.3, 0.4) is 0 Å². The van der Waals surface area contributed by atoms with E-state index in [1.54, 1.807) is 15.9 Å². The first-order chi connectivity index (χ1) is 41.7. The number of nitrogens with one attached hydrogen (secondary N) is 2. The average Bonchev–Trinajstić information content (AvgIpc) is 1.75. The number of hydrogen-bond acceptors (Lipinski definition) is 20. The van der Waals surface area contributed by atoms with Gasteiger partial charge in [0.1, 0.15) is 46.9 Å². The summed E-state index contributed by atoms with van der Waals surface area (Å²) in [5.74, 6) is 10.4. The van der Waals surface area contributed by atoms with E-state index in [0.29, 0.717) is 63.4 Å². The van der Waals surface area contributed by atoms with Crippen LogP contribution in [0, 0.1) is 67.5 Å². The van der Waals surface area contributed by atoms with Gasteiger partial charge in [-0.2, -0.15) is 0 Å². The molecule has 4 amide bonds. The number of amides is 4. The molecule has 4 saturated heterocycles. The molecule has 87 heavy (non-hydrogen) atoms. The zero-order valence-electron chi connectivity index (χ0n) is 48.6. The Hall–Kier alpha value is -7.77. The van der Waals surface area contributed by atoms with Crippen molar-refractivity contribution < 1.29 is 58.6 Å². The van der Waals surface area contributed by atoms with Crippen LogP contribution in [0.2, 0.25) is 0 Å². The maximum absolute atomic E-state index is 12.6. The summed E-state index contributed by atoms with van der Waals surface area (Å²) < 4.78 is 25.7. The highest BCUT2D eigenvalue weighted by Gasteiger charge is 2.50. The number of nitrogens with zero attached hydrogens (tertiary/aromatic N) is 10. The third-order valence-electron chi connectivity index (χ3n) is 16.4. The lowest BCUT2D eigenvalue weighted by atomic mass is 9.94. The molecule has 2 aromatic carbocycles. The summed E-state index contributed by atoms with van der Waals surface area (Å²) in [6.45, 7) is 10.7. The highest BCUT2D eigenvalue weighted by atomic mass is 127. The van der Waals surface area contributed by atoms with Crippen molar-refractivity contribution in [2.24, 2.45) is 11.8 Å². The van der Waals surface area contributed by atoms with E-state index in [2.05, 4.69) is 58.3 Å². The van der Waals surface area contributed by atoms with Crippen LogP contribution in [0.5, 0.6) is 11.5 Å². The number of rotatable bonds is 10. The topological polar surface area (TPSA) is 356 Å². The molecule has 26 nitrogen and oxygen atoms in total. The number of hydrogen-bond donors (Lipinski definition) is 8. The second kappa shape index (κ2) is 27.1. The van der Waals surface area contributed by atoms with Crippen molar-refractivity contribution in [2.75, 3.05) is 37.6 Å². The van der Waals surface area contributed by atoms with Crippen molar-refractivity contribution in [1.82, 2.24) is 59.5 Å². The fourth-order valence-corrected chi connectivity index (χ4v) is 11.0. The zero-order chi connectivity index (χ0) is 61.8. The number of nitrogens with two attached hydrogens (primary N) is 2. The van der Waals surface area contributed by atoms with Gasteiger partial charge in [0.25, 0.3) is 11.8 Å². The van der Waals surface area contributed by atoms with Crippen molar-refractivity contribution in [3.05, 3.63) is 81.0 Å². The summed E-state index contributed by atoms with van der Waals surface area (Å²) >= 11 is 1.91. The number of anilines is 2. The highest BCUT2D eigenvalue weighted by molar-refractivity contribution is 14.1. The average molecular weight is 1310 g/mol. The van der Waals surface area contributed by atoms with Crippen LogP contribution in [0.25, 0.3) is 22.3 Å². The third-order valence-corrected chi connectivity index (χ3v) is 16.9.